The monoisotopic (exact) mass is 452 g/mol. The molecule has 1 aliphatic heterocycles. The standard InChI is InChI=1S/C25H29FN4O3/c1-33-13-12-30-21-5-3-2-4-18(21)22(23(30)24(28)31)25(32)29-10-8-17(9-11-29)19-14-16(15-27)6-7-20(19)26/h2-7,14,17H,8-13,15,27H2,1H3,(H2,28,31). The molecule has 1 aliphatic rings. The summed E-state index contributed by atoms with van der Waals surface area (Å²) in [6.45, 7) is 2.07. The molecule has 0 aliphatic carbocycles. The van der Waals surface area contributed by atoms with Crippen LogP contribution in [0.3, 0.4) is 0 Å². The molecule has 174 valence electrons. The lowest BCUT2D eigenvalue weighted by Crippen LogP contribution is -2.39. The summed E-state index contributed by atoms with van der Waals surface area (Å²) in [5.41, 5.74) is 14.3. The van der Waals surface area contributed by atoms with E-state index in [1.807, 2.05) is 30.3 Å². The van der Waals surface area contributed by atoms with Crippen LogP contribution in [0.4, 0.5) is 4.39 Å². The van der Waals surface area contributed by atoms with E-state index in [0.717, 1.165) is 11.1 Å². The van der Waals surface area contributed by atoms with Gasteiger partial charge in [-0.25, -0.2) is 4.39 Å². The van der Waals surface area contributed by atoms with Crippen molar-refractivity contribution < 1.29 is 18.7 Å². The molecule has 0 radical (unpaired) electrons. The Labute approximate surface area is 192 Å². The van der Waals surface area contributed by atoms with E-state index in [9.17, 15) is 14.0 Å². The van der Waals surface area contributed by atoms with Gasteiger partial charge in [0.25, 0.3) is 11.8 Å². The lowest BCUT2D eigenvalue weighted by atomic mass is 9.88. The SMILES string of the molecule is COCCn1c(C(N)=O)c(C(=O)N2CCC(c3cc(CN)ccc3F)CC2)c2ccccc21. The number of rotatable bonds is 7. The molecule has 2 aromatic carbocycles. The lowest BCUT2D eigenvalue weighted by Gasteiger charge is -2.32. The number of methoxy groups -OCH3 is 1. The number of nitrogens with zero attached hydrogens (tertiary/aromatic N) is 2. The minimum Gasteiger partial charge on any atom is -0.383 e. The van der Waals surface area contributed by atoms with E-state index in [4.69, 9.17) is 16.2 Å². The Hall–Kier alpha value is -3.23. The summed E-state index contributed by atoms with van der Waals surface area (Å²) >= 11 is 0. The Bertz CT molecular complexity index is 1180. The van der Waals surface area contributed by atoms with Gasteiger partial charge in [0.2, 0.25) is 0 Å². The van der Waals surface area contributed by atoms with Crippen LogP contribution in [0.2, 0.25) is 0 Å². The van der Waals surface area contributed by atoms with Gasteiger partial charge in [0, 0.05) is 44.2 Å². The number of ether oxygens (including phenoxy) is 1. The van der Waals surface area contributed by atoms with Crippen molar-refractivity contribution in [3.63, 3.8) is 0 Å². The third-order valence-corrected chi connectivity index (χ3v) is 6.46. The van der Waals surface area contributed by atoms with Crippen LogP contribution >= 0.6 is 0 Å². The number of aromatic nitrogens is 1. The first-order chi connectivity index (χ1) is 16.0. The number of primary amides is 1. The van der Waals surface area contributed by atoms with Gasteiger partial charge in [0.15, 0.2) is 0 Å². The number of hydrogen-bond donors (Lipinski definition) is 2. The number of benzene rings is 2. The van der Waals surface area contributed by atoms with Crippen LogP contribution in [0.25, 0.3) is 10.9 Å². The van der Waals surface area contributed by atoms with Gasteiger partial charge in [-0.15, -0.1) is 0 Å². The molecule has 8 heteroatoms. The Kier molecular flexibility index (Phi) is 6.76. The van der Waals surface area contributed by atoms with Crippen LogP contribution < -0.4 is 11.5 Å². The first-order valence-corrected chi connectivity index (χ1v) is 11.1. The quantitative estimate of drug-likeness (QED) is 0.575. The van der Waals surface area contributed by atoms with Crippen molar-refractivity contribution in [3.8, 4) is 0 Å². The maximum Gasteiger partial charge on any atom is 0.266 e. The predicted molar refractivity (Wildman–Crippen MR) is 125 cm³/mol. The Morgan fingerprint density at radius 2 is 1.88 bits per heavy atom. The highest BCUT2D eigenvalue weighted by molar-refractivity contribution is 6.15. The number of carbonyl (C=O) groups excluding carboxylic acids is 2. The second-order valence-electron chi connectivity index (χ2n) is 8.38. The van der Waals surface area contributed by atoms with E-state index in [1.54, 1.807) is 22.6 Å². The lowest BCUT2D eigenvalue weighted by molar-refractivity contribution is 0.0709. The molecule has 2 amide bonds. The Balaban J connectivity index is 1.63. The first-order valence-electron chi connectivity index (χ1n) is 11.1. The van der Waals surface area contributed by atoms with Crippen molar-refractivity contribution in [2.75, 3.05) is 26.8 Å². The third kappa shape index (κ3) is 4.36. The van der Waals surface area contributed by atoms with Crippen molar-refractivity contribution in [3.05, 3.63) is 70.7 Å². The summed E-state index contributed by atoms with van der Waals surface area (Å²) in [6, 6.07) is 12.4. The van der Waals surface area contributed by atoms with Crippen LogP contribution in [-0.2, 0) is 17.8 Å². The molecule has 4 N–H and O–H groups in total. The molecule has 7 nitrogen and oxygen atoms in total. The number of amides is 2. The van der Waals surface area contributed by atoms with Gasteiger partial charge in [0.1, 0.15) is 11.5 Å². The summed E-state index contributed by atoms with van der Waals surface area (Å²) < 4.78 is 21.4. The zero-order valence-electron chi connectivity index (χ0n) is 18.7. The van der Waals surface area contributed by atoms with Crippen LogP contribution in [0.1, 0.15) is 50.7 Å². The fraction of sp³-hybridized carbons (Fsp3) is 0.360. The molecule has 2 heterocycles. The number of fused-ring (bicyclic) bond motifs is 1. The highest BCUT2D eigenvalue weighted by Gasteiger charge is 2.32. The van der Waals surface area contributed by atoms with Crippen LogP contribution in [0.15, 0.2) is 42.5 Å². The molecule has 0 atom stereocenters. The van der Waals surface area contributed by atoms with Crippen LogP contribution in [-0.4, -0.2) is 48.1 Å². The maximum atomic E-state index is 14.4. The highest BCUT2D eigenvalue weighted by Crippen LogP contribution is 2.33. The smallest absolute Gasteiger partial charge is 0.266 e. The van der Waals surface area contributed by atoms with E-state index in [0.29, 0.717) is 62.1 Å². The number of halogens is 1. The fourth-order valence-electron chi connectivity index (χ4n) is 4.78. The molecule has 1 aromatic heterocycles. The molecule has 1 saturated heterocycles. The molecule has 0 bridgehead atoms. The largest absolute Gasteiger partial charge is 0.383 e. The summed E-state index contributed by atoms with van der Waals surface area (Å²) in [5, 5.41) is 0.691. The molecule has 0 unspecified atom stereocenters. The second-order valence-corrected chi connectivity index (χ2v) is 8.38. The zero-order chi connectivity index (χ0) is 23.5. The second kappa shape index (κ2) is 9.72. The number of para-hydroxylation sites is 1. The topological polar surface area (TPSA) is 104 Å². The molecule has 0 saturated carbocycles. The molecule has 33 heavy (non-hydrogen) atoms. The van der Waals surface area contributed by atoms with Gasteiger partial charge in [0.05, 0.1) is 12.2 Å². The van der Waals surface area contributed by atoms with Crippen molar-refractivity contribution >= 4 is 22.7 Å². The van der Waals surface area contributed by atoms with Gasteiger partial charge in [-0.1, -0.05) is 30.3 Å². The minimum absolute atomic E-state index is 0.0132. The van der Waals surface area contributed by atoms with Gasteiger partial charge >= 0.3 is 0 Å². The maximum absolute atomic E-state index is 14.4. The van der Waals surface area contributed by atoms with Crippen molar-refractivity contribution in [2.24, 2.45) is 11.5 Å². The van der Waals surface area contributed by atoms with Crippen molar-refractivity contribution in [2.45, 2.75) is 31.8 Å². The predicted octanol–water partition coefficient (Wildman–Crippen LogP) is 3.00. The Morgan fingerprint density at radius 3 is 2.55 bits per heavy atom. The number of hydrogen-bond acceptors (Lipinski definition) is 4. The van der Waals surface area contributed by atoms with E-state index >= 15 is 0 Å². The van der Waals surface area contributed by atoms with Gasteiger partial charge in [-0.05, 0) is 42.0 Å². The molecule has 4 rings (SSSR count). The normalized spacial score (nSPS) is 14.7. The summed E-state index contributed by atoms with van der Waals surface area (Å²) in [7, 11) is 1.58. The number of nitrogens with two attached hydrogens (primary N) is 2. The molecule has 0 spiro atoms. The van der Waals surface area contributed by atoms with Gasteiger partial charge in [-0.3, -0.25) is 9.59 Å². The summed E-state index contributed by atoms with van der Waals surface area (Å²) in [4.78, 5) is 27.8. The van der Waals surface area contributed by atoms with Crippen LogP contribution in [0, 0.1) is 5.82 Å². The highest BCUT2D eigenvalue weighted by atomic mass is 19.1. The molecule has 1 fully saturated rings. The zero-order valence-corrected chi connectivity index (χ0v) is 18.7. The number of carbonyl (C=O) groups is 2. The van der Waals surface area contributed by atoms with E-state index in [-0.39, 0.29) is 23.3 Å². The summed E-state index contributed by atoms with van der Waals surface area (Å²) in [5.74, 6) is -1.11. The average molecular weight is 453 g/mol. The van der Waals surface area contributed by atoms with Crippen molar-refractivity contribution in [1.29, 1.82) is 0 Å². The summed E-state index contributed by atoms with van der Waals surface area (Å²) in [6.07, 6.45) is 1.26. The van der Waals surface area contributed by atoms with Crippen molar-refractivity contribution in [1.82, 2.24) is 9.47 Å². The third-order valence-electron chi connectivity index (χ3n) is 6.46. The number of likely N-dealkylation sites (tertiary alicyclic amines) is 1. The molecule has 3 aromatic rings. The van der Waals surface area contributed by atoms with Gasteiger partial charge < -0.3 is 25.7 Å². The van der Waals surface area contributed by atoms with Crippen LogP contribution in [0.5, 0.6) is 0 Å². The first kappa shape index (κ1) is 22.9. The van der Waals surface area contributed by atoms with E-state index in [1.165, 1.54) is 6.07 Å². The molecular weight excluding hydrogens is 423 g/mol. The van der Waals surface area contributed by atoms with E-state index < -0.39 is 5.91 Å². The van der Waals surface area contributed by atoms with E-state index in [2.05, 4.69) is 0 Å². The molecular formula is C25H29FN4O3. The fourth-order valence-corrected chi connectivity index (χ4v) is 4.78. The minimum atomic E-state index is -0.652. The van der Waals surface area contributed by atoms with Gasteiger partial charge in [-0.2, -0.15) is 0 Å². The average Bonchev–Trinajstić information content (AvgIpc) is 3.17. The Morgan fingerprint density at radius 1 is 1.15 bits per heavy atom. The number of piperidine rings is 1.